The first-order valence-electron chi connectivity index (χ1n) is 7.97. The zero-order valence-corrected chi connectivity index (χ0v) is 15.1. The Morgan fingerprint density at radius 1 is 1.12 bits per heavy atom. The van der Waals surface area contributed by atoms with E-state index in [9.17, 15) is 18.0 Å². The van der Waals surface area contributed by atoms with Crippen molar-refractivity contribution >= 4 is 21.7 Å². The molecule has 0 saturated carbocycles. The van der Waals surface area contributed by atoms with Gasteiger partial charge in [-0.1, -0.05) is 32.9 Å². The van der Waals surface area contributed by atoms with Crippen LogP contribution in [-0.2, 0) is 20.0 Å². The molecule has 0 spiro atoms. The Morgan fingerprint density at radius 3 is 2.25 bits per heavy atom. The van der Waals surface area contributed by atoms with Crippen LogP contribution < -0.4 is 10.9 Å². The summed E-state index contributed by atoms with van der Waals surface area (Å²) in [7, 11) is -3.00. The Labute approximate surface area is 142 Å². The maximum atomic E-state index is 12.0. The summed E-state index contributed by atoms with van der Waals surface area (Å²) >= 11 is 0. The third-order valence-corrected chi connectivity index (χ3v) is 5.97. The van der Waals surface area contributed by atoms with Crippen LogP contribution in [0, 0.1) is 5.92 Å². The van der Waals surface area contributed by atoms with Crippen LogP contribution in [0.1, 0.15) is 49.5 Å². The molecule has 0 aliphatic carbocycles. The molecule has 6 nitrogen and oxygen atoms in total. The number of amides is 2. The van der Waals surface area contributed by atoms with Gasteiger partial charge in [-0.15, -0.1) is 0 Å². The van der Waals surface area contributed by atoms with E-state index in [-0.39, 0.29) is 35.2 Å². The van der Waals surface area contributed by atoms with E-state index in [1.54, 1.807) is 12.1 Å². The maximum Gasteiger partial charge on any atom is 0.269 e. The van der Waals surface area contributed by atoms with Crippen LogP contribution in [0.15, 0.2) is 24.3 Å². The molecule has 1 aliphatic heterocycles. The van der Waals surface area contributed by atoms with Gasteiger partial charge in [0, 0.05) is 12.0 Å². The van der Waals surface area contributed by atoms with Gasteiger partial charge in [0.2, 0.25) is 5.91 Å². The van der Waals surface area contributed by atoms with Crippen LogP contribution in [0.3, 0.4) is 0 Å². The number of hydrogen-bond acceptors (Lipinski definition) is 4. The number of benzene rings is 1. The largest absolute Gasteiger partial charge is 0.273 e. The second-order valence-corrected chi connectivity index (χ2v) is 9.53. The van der Waals surface area contributed by atoms with Gasteiger partial charge in [-0.3, -0.25) is 20.4 Å². The lowest BCUT2D eigenvalue weighted by atomic mass is 9.87. The number of hydrazine groups is 1. The van der Waals surface area contributed by atoms with Crippen molar-refractivity contribution in [1.29, 1.82) is 0 Å². The number of hydrogen-bond donors (Lipinski definition) is 2. The Balaban J connectivity index is 1.83. The summed E-state index contributed by atoms with van der Waals surface area (Å²) in [4.78, 5) is 23.8. The summed E-state index contributed by atoms with van der Waals surface area (Å²) in [5.41, 5.74) is 6.28. The number of carbonyl (C=O) groups excluding carboxylic acids is 2. The first kappa shape index (κ1) is 18.4. The minimum absolute atomic E-state index is 0.00480. The summed E-state index contributed by atoms with van der Waals surface area (Å²) < 4.78 is 22.7. The fourth-order valence-corrected chi connectivity index (χ4v) is 4.53. The van der Waals surface area contributed by atoms with Crippen molar-refractivity contribution in [1.82, 2.24) is 10.9 Å². The molecule has 0 aromatic heterocycles. The molecule has 1 atom stereocenters. The summed E-state index contributed by atoms with van der Waals surface area (Å²) in [6.45, 7) is 6.27. The predicted molar refractivity (Wildman–Crippen MR) is 92.1 cm³/mol. The quantitative estimate of drug-likeness (QED) is 0.808. The average molecular weight is 352 g/mol. The smallest absolute Gasteiger partial charge is 0.269 e. The average Bonchev–Trinajstić information content (AvgIpc) is 2.83. The molecule has 1 saturated heterocycles. The molecular formula is C17H24N2O4S. The van der Waals surface area contributed by atoms with E-state index in [0.29, 0.717) is 12.0 Å². The summed E-state index contributed by atoms with van der Waals surface area (Å²) in [6, 6.07) is 7.21. The molecule has 2 N–H and O–H groups in total. The van der Waals surface area contributed by atoms with Gasteiger partial charge >= 0.3 is 0 Å². The molecule has 1 aliphatic rings. The highest BCUT2D eigenvalue weighted by Crippen LogP contribution is 2.22. The molecule has 0 unspecified atom stereocenters. The van der Waals surface area contributed by atoms with Crippen LogP contribution in [0.5, 0.6) is 0 Å². The number of nitrogens with one attached hydrogen (secondary N) is 2. The van der Waals surface area contributed by atoms with Crippen molar-refractivity contribution in [3.63, 3.8) is 0 Å². The first-order valence-corrected chi connectivity index (χ1v) is 9.79. The van der Waals surface area contributed by atoms with Crippen LogP contribution in [0.25, 0.3) is 0 Å². The van der Waals surface area contributed by atoms with Crippen LogP contribution in [0.2, 0.25) is 0 Å². The van der Waals surface area contributed by atoms with Gasteiger partial charge in [-0.25, -0.2) is 8.42 Å². The minimum atomic E-state index is -3.00. The van der Waals surface area contributed by atoms with Crippen molar-refractivity contribution in [3.8, 4) is 0 Å². The Kier molecular flexibility index (Phi) is 5.32. The second kappa shape index (κ2) is 6.93. The molecule has 0 bridgehead atoms. The molecule has 2 rings (SSSR count). The van der Waals surface area contributed by atoms with Crippen LogP contribution in [-0.4, -0.2) is 31.7 Å². The molecule has 132 valence electrons. The Morgan fingerprint density at radius 2 is 1.75 bits per heavy atom. The van der Waals surface area contributed by atoms with Gasteiger partial charge in [0.05, 0.1) is 11.5 Å². The number of sulfone groups is 1. The third-order valence-electron chi connectivity index (χ3n) is 4.13. The van der Waals surface area contributed by atoms with E-state index < -0.39 is 15.7 Å². The first-order chi connectivity index (χ1) is 11.1. The highest BCUT2D eigenvalue weighted by Gasteiger charge is 2.29. The zero-order chi connectivity index (χ0) is 18.0. The normalized spacial score (nSPS) is 19.7. The molecule has 0 radical (unpaired) electrons. The van der Waals surface area contributed by atoms with Crippen LogP contribution in [0.4, 0.5) is 0 Å². The van der Waals surface area contributed by atoms with E-state index in [4.69, 9.17) is 0 Å². The van der Waals surface area contributed by atoms with Gasteiger partial charge in [-0.05, 0) is 35.4 Å². The lowest BCUT2D eigenvalue weighted by Crippen LogP contribution is -2.42. The van der Waals surface area contributed by atoms with Gasteiger partial charge < -0.3 is 0 Å². The van der Waals surface area contributed by atoms with Crippen LogP contribution >= 0.6 is 0 Å². The molecule has 1 aromatic carbocycles. The number of carbonyl (C=O) groups is 2. The molecule has 2 amide bonds. The van der Waals surface area contributed by atoms with E-state index in [1.807, 2.05) is 12.1 Å². The molecular weight excluding hydrogens is 328 g/mol. The lowest BCUT2D eigenvalue weighted by molar-refractivity contribution is -0.122. The van der Waals surface area contributed by atoms with E-state index in [0.717, 1.165) is 5.56 Å². The van der Waals surface area contributed by atoms with Gasteiger partial charge in [0.1, 0.15) is 0 Å². The SMILES string of the molecule is CC(C)(C)c1ccc(C(=O)NNC(=O)C[C@H]2CCS(=O)(=O)C2)cc1. The van der Waals surface area contributed by atoms with Crippen molar-refractivity contribution in [2.45, 2.75) is 39.0 Å². The van der Waals surface area contributed by atoms with E-state index >= 15 is 0 Å². The second-order valence-electron chi connectivity index (χ2n) is 7.30. The Bertz CT molecular complexity index is 718. The monoisotopic (exact) mass is 352 g/mol. The topological polar surface area (TPSA) is 92.3 Å². The molecule has 1 heterocycles. The summed E-state index contributed by atoms with van der Waals surface area (Å²) in [6.07, 6.45) is 0.598. The standard InChI is InChI=1S/C17H24N2O4S/c1-17(2,3)14-6-4-13(5-7-14)16(21)19-18-15(20)10-12-8-9-24(22,23)11-12/h4-7,12H,8-11H2,1-3H3,(H,18,20)(H,19,21)/t12-/m1/s1. The molecule has 7 heteroatoms. The maximum absolute atomic E-state index is 12.0. The van der Waals surface area contributed by atoms with Gasteiger partial charge in [0.15, 0.2) is 9.84 Å². The van der Waals surface area contributed by atoms with Crippen molar-refractivity contribution in [3.05, 3.63) is 35.4 Å². The van der Waals surface area contributed by atoms with E-state index in [1.165, 1.54) is 0 Å². The molecule has 1 aromatic rings. The van der Waals surface area contributed by atoms with Crippen molar-refractivity contribution in [2.24, 2.45) is 5.92 Å². The van der Waals surface area contributed by atoms with Gasteiger partial charge in [-0.2, -0.15) is 0 Å². The third kappa shape index (κ3) is 5.06. The predicted octanol–water partition coefficient (Wildman–Crippen LogP) is 1.57. The summed E-state index contributed by atoms with van der Waals surface area (Å²) in [5, 5.41) is 0. The van der Waals surface area contributed by atoms with Crippen molar-refractivity contribution < 1.29 is 18.0 Å². The zero-order valence-electron chi connectivity index (χ0n) is 14.3. The summed E-state index contributed by atoms with van der Waals surface area (Å²) in [5.74, 6) is -0.766. The van der Waals surface area contributed by atoms with Gasteiger partial charge in [0.25, 0.3) is 5.91 Å². The van der Waals surface area contributed by atoms with Crippen molar-refractivity contribution in [2.75, 3.05) is 11.5 Å². The van der Waals surface area contributed by atoms with E-state index in [2.05, 4.69) is 31.6 Å². The molecule has 24 heavy (non-hydrogen) atoms. The highest BCUT2D eigenvalue weighted by atomic mass is 32.2. The molecule has 1 fully saturated rings. The fourth-order valence-electron chi connectivity index (χ4n) is 2.67. The Hall–Kier alpha value is -1.89. The minimum Gasteiger partial charge on any atom is -0.273 e. The highest BCUT2D eigenvalue weighted by molar-refractivity contribution is 7.91. The fraction of sp³-hybridized carbons (Fsp3) is 0.529. The number of rotatable bonds is 3. The lowest BCUT2D eigenvalue weighted by Gasteiger charge is -2.19.